The van der Waals surface area contributed by atoms with Crippen LogP contribution in [-0.2, 0) is 6.54 Å². The Bertz CT molecular complexity index is 476. The number of hydrogen-bond donors (Lipinski definition) is 1. The van der Waals surface area contributed by atoms with E-state index in [1.807, 2.05) is 19.1 Å². The third-order valence-electron chi connectivity index (χ3n) is 2.18. The summed E-state index contributed by atoms with van der Waals surface area (Å²) < 4.78 is 5.22. The number of nitrogens with zero attached hydrogens (tertiary/aromatic N) is 1. The smallest absolute Gasteiger partial charge is 0.193 e. The lowest BCUT2D eigenvalue weighted by atomic mass is 10.2. The first-order chi connectivity index (χ1) is 7.66. The van der Waals surface area contributed by atoms with E-state index in [2.05, 4.69) is 10.3 Å². The van der Waals surface area contributed by atoms with Crippen LogP contribution in [0.15, 0.2) is 28.8 Å². The summed E-state index contributed by atoms with van der Waals surface area (Å²) in [5, 5.41) is 4.00. The standard InChI is InChI=1S/C11H10Cl2N2O/c1-7-4-5-14-11(13)10(7)15-6-8-2-3-9(12)16-8/h2-5,15H,6H2,1H3. The first kappa shape index (κ1) is 11.3. The Kier molecular flexibility index (Phi) is 3.36. The van der Waals surface area contributed by atoms with Gasteiger partial charge in [-0.25, -0.2) is 4.98 Å². The van der Waals surface area contributed by atoms with Crippen molar-refractivity contribution >= 4 is 28.9 Å². The SMILES string of the molecule is Cc1ccnc(Cl)c1NCc1ccc(Cl)o1. The molecule has 0 aliphatic heterocycles. The highest BCUT2D eigenvalue weighted by atomic mass is 35.5. The van der Waals surface area contributed by atoms with Crippen LogP contribution < -0.4 is 5.32 Å². The molecule has 5 heteroatoms. The molecule has 0 aliphatic rings. The third kappa shape index (κ3) is 2.49. The molecule has 0 saturated heterocycles. The average Bonchev–Trinajstić information content (AvgIpc) is 2.63. The first-order valence-corrected chi connectivity index (χ1v) is 5.51. The van der Waals surface area contributed by atoms with Crippen LogP contribution in [0.1, 0.15) is 11.3 Å². The number of hydrogen-bond acceptors (Lipinski definition) is 3. The molecule has 3 nitrogen and oxygen atoms in total. The second-order valence-electron chi connectivity index (χ2n) is 3.35. The molecule has 0 atom stereocenters. The van der Waals surface area contributed by atoms with Gasteiger partial charge in [-0.2, -0.15) is 0 Å². The molecule has 2 aromatic heterocycles. The van der Waals surface area contributed by atoms with Gasteiger partial charge >= 0.3 is 0 Å². The molecule has 0 aromatic carbocycles. The second kappa shape index (κ2) is 4.76. The zero-order chi connectivity index (χ0) is 11.5. The Morgan fingerprint density at radius 2 is 2.12 bits per heavy atom. The third-order valence-corrected chi connectivity index (χ3v) is 2.67. The highest BCUT2D eigenvalue weighted by Crippen LogP contribution is 2.23. The maximum atomic E-state index is 5.97. The van der Waals surface area contributed by atoms with E-state index < -0.39 is 0 Å². The molecule has 2 heterocycles. The van der Waals surface area contributed by atoms with Gasteiger partial charge in [0.2, 0.25) is 0 Å². The topological polar surface area (TPSA) is 38.1 Å². The van der Waals surface area contributed by atoms with E-state index in [0.29, 0.717) is 16.9 Å². The van der Waals surface area contributed by atoms with Gasteiger partial charge in [0.15, 0.2) is 10.4 Å². The van der Waals surface area contributed by atoms with Crippen LogP contribution in [0.5, 0.6) is 0 Å². The van der Waals surface area contributed by atoms with Crippen LogP contribution >= 0.6 is 23.2 Å². The number of rotatable bonds is 3. The van der Waals surface area contributed by atoms with Crippen molar-refractivity contribution in [2.45, 2.75) is 13.5 Å². The lowest BCUT2D eigenvalue weighted by molar-refractivity contribution is 0.520. The van der Waals surface area contributed by atoms with Gasteiger partial charge in [-0.3, -0.25) is 0 Å². The lowest BCUT2D eigenvalue weighted by Gasteiger charge is -2.08. The summed E-state index contributed by atoms with van der Waals surface area (Å²) in [4.78, 5) is 4.00. The summed E-state index contributed by atoms with van der Waals surface area (Å²) in [6.45, 7) is 2.49. The predicted octanol–water partition coefficient (Wildman–Crippen LogP) is 3.90. The number of halogens is 2. The molecular formula is C11H10Cl2N2O. The number of anilines is 1. The van der Waals surface area contributed by atoms with E-state index in [-0.39, 0.29) is 0 Å². The molecule has 0 radical (unpaired) electrons. The zero-order valence-electron chi connectivity index (χ0n) is 8.63. The quantitative estimate of drug-likeness (QED) is 0.847. The van der Waals surface area contributed by atoms with Crippen molar-refractivity contribution in [3.05, 3.63) is 46.1 Å². The van der Waals surface area contributed by atoms with Crippen LogP contribution in [0.2, 0.25) is 10.4 Å². The van der Waals surface area contributed by atoms with Crippen LogP contribution in [0.3, 0.4) is 0 Å². The number of aryl methyl sites for hydroxylation is 1. The van der Waals surface area contributed by atoms with Crippen molar-refractivity contribution in [2.24, 2.45) is 0 Å². The molecule has 0 aliphatic carbocycles. The zero-order valence-corrected chi connectivity index (χ0v) is 10.1. The van der Waals surface area contributed by atoms with Gasteiger partial charge in [0.05, 0.1) is 12.2 Å². The minimum atomic E-state index is 0.380. The average molecular weight is 257 g/mol. The number of pyridine rings is 1. The van der Waals surface area contributed by atoms with Crippen LogP contribution in [-0.4, -0.2) is 4.98 Å². The van der Waals surface area contributed by atoms with E-state index in [4.69, 9.17) is 27.6 Å². The Morgan fingerprint density at radius 1 is 1.31 bits per heavy atom. The fourth-order valence-corrected chi connectivity index (χ4v) is 1.79. The van der Waals surface area contributed by atoms with Gasteiger partial charge < -0.3 is 9.73 Å². The van der Waals surface area contributed by atoms with E-state index in [1.54, 1.807) is 12.3 Å². The maximum Gasteiger partial charge on any atom is 0.193 e. The summed E-state index contributed by atoms with van der Waals surface area (Å²) in [7, 11) is 0. The van der Waals surface area contributed by atoms with Gasteiger partial charge in [0.25, 0.3) is 0 Å². The number of furan rings is 1. The van der Waals surface area contributed by atoms with E-state index >= 15 is 0 Å². The first-order valence-electron chi connectivity index (χ1n) is 4.76. The molecule has 0 unspecified atom stereocenters. The van der Waals surface area contributed by atoms with Crippen LogP contribution in [0, 0.1) is 6.92 Å². The Balaban J connectivity index is 2.10. The van der Waals surface area contributed by atoms with E-state index in [1.165, 1.54) is 0 Å². The summed E-state index contributed by atoms with van der Waals surface area (Å²) in [5.74, 6) is 0.754. The number of aromatic nitrogens is 1. The molecule has 0 bridgehead atoms. The Hall–Kier alpha value is -1.19. The van der Waals surface area contributed by atoms with Crippen LogP contribution in [0.4, 0.5) is 5.69 Å². The maximum absolute atomic E-state index is 5.97. The molecule has 0 saturated carbocycles. The van der Waals surface area contributed by atoms with Gasteiger partial charge in [0.1, 0.15) is 5.76 Å². The highest BCUT2D eigenvalue weighted by molar-refractivity contribution is 6.32. The van der Waals surface area contributed by atoms with Crippen molar-refractivity contribution in [2.75, 3.05) is 5.32 Å². The molecule has 16 heavy (non-hydrogen) atoms. The molecule has 1 N–H and O–H groups in total. The molecule has 0 spiro atoms. The van der Waals surface area contributed by atoms with Crippen molar-refractivity contribution in [3.8, 4) is 0 Å². The Morgan fingerprint density at radius 3 is 2.75 bits per heavy atom. The summed E-state index contributed by atoms with van der Waals surface area (Å²) in [5.41, 5.74) is 1.86. The van der Waals surface area contributed by atoms with Crippen molar-refractivity contribution < 1.29 is 4.42 Å². The Labute approximate surface area is 103 Å². The van der Waals surface area contributed by atoms with Crippen LogP contribution in [0.25, 0.3) is 0 Å². The molecular weight excluding hydrogens is 247 g/mol. The molecule has 2 rings (SSSR count). The van der Waals surface area contributed by atoms with Gasteiger partial charge in [-0.05, 0) is 42.3 Å². The van der Waals surface area contributed by atoms with E-state index in [0.717, 1.165) is 17.0 Å². The van der Waals surface area contributed by atoms with Crippen molar-refractivity contribution in [1.82, 2.24) is 4.98 Å². The second-order valence-corrected chi connectivity index (χ2v) is 4.08. The van der Waals surface area contributed by atoms with Crippen molar-refractivity contribution in [3.63, 3.8) is 0 Å². The van der Waals surface area contributed by atoms with Gasteiger partial charge in [0, 0.05) is 6.20 Å². The lowest BCUT2D eigenvalue weighted by Crippen LogP contribution is -2.01. The molecule has 84 valence electrons. The van der Waals surface area contributed by atoms with Crippen molar-refractivity contribution in [1.29, 1.82) is 0 Å². The molecule has 0 fully saturated rings. The monoisotopic (exact) mass is 256 g/mol. The fourth-order valence-electron chi connectivity index (χ4n) is 1.36. The fraction of sp³-hybridized carbons (Fsp3) is 0.182. The minimum Gasteiger partial charge on any atom is -0.448 e. The van der Waals surface area contributed by atoms with Gasteiger partial charge in [-0.1, -0.05) is 11.6 Å². The molecule has 2 aromatic rings. The summed E-state index contributed by atoms with van der Waals surface area (Å²) >= 11 is 11.6. The summed E-state index contributed by atoms with van der Waals surface area (Å²) in [6.07, 6.45) is 1.67. The largest absolute Gasteiger partial charge is 0.448 e. The number of nitrogens with one attached hydrogen (secondary N) is 1. The predicted molar refractivity (Wildman–Crippen MR) is 65.0 cm³/mol. The molecule has 0 amide bonds. The highest BCUT2D eigenvalue weighted by Gasteiger charge is 2.05. The summed E-state index contributed by atoms with van der Waals surface area (Å²) in [6, 6.07) is 5.41. The normalized spacial score (nSPS) is 10.4. The minimum absolute atomic E-state index is 0.380. The van der Waals surface area contributed by atoms with E-state index in [9.17, 15) is 0 Å². The van der Waals surface area contributed by atoms with Gasteiger partial charge in [-0.15, -0.1) is 0 Å².